The summed E-state index contributed by atoms with van der Waals surface area (Å²) in [5, 5.41) is 2.63. The van der Waals surface area contributed by atoms with Gasteiger partial charge in [0.1, 0.15) is 11.2 Å². The quantitative estimate of drug-likeness (QED) is 0.671. The Hall–Kier alpha value is -2.52. The summed E-state index contributed by atoms with van der Waals surface area (Å²) < 4.78 is 16.0. The van der Waals surface area contributed by atoms with Gasteiger partial charge in [0.05, 0.1) is 38.2 Å². The number of rotatable bonds is 6. The Bertz CT molecular complexity index is 974. The fourth-order valence-corrected chi connectivity index (χ4v) is 5.60. The first-order valence-electron chi connectivity index (χ1n) is 10.3. The fraction of sp³-hybridized carbons (Fsp3) is 0.500. The lowest BCUT2D eigenvalue weighted by molar-refractivity contribution is -0.137. The molecule has 4 rings (SSSR count). The van der Waals surface area contributed by atoms with E-state index in [2.05, 4.69) is 10.2 Å². The number of esters is 1. The monoisotopic (exact) mass is 445 g/mol. The molecule has 1 amide bonds. The smallest absolute Gasteiger partial charge is 0.344 e. The van der Waals surface area contributed by atoms with Crippen molar-refractivity contribution in [3.63, 3.8) is 0 Å². The lowest BCUT2D eigenvalue weighted by Gasteiger charge is -2.32. The highest BCUT2D eigenvalue weighted by atomic mass is 32.2. The van der Waals surface area contributed by atoms with Gasteiger partial charge in [0.15, 0.2) is 11.5 Å². The maximum Gasteiger partial charge on any atom is 0.344 e. The number of nitrogens with zero attached hydrogens (tertiary/aromatic N) is 2. The average Bonchev–Trinajstić information content (AvgIpc) is 3.09. The Morgan fingerprint density at radius 2 is 1.97 bits per heavy atom. The molecular formula is C22H27N3O5S. The molecule has 0 spiro atoms. The van der Waals surface area contributed by atoms with Gasteiger partial charge in [0.2, 0.25) is 5.91 Å². The molecule has 0 aliphatic carbocycles. The van der Waals surface area contributed by atoms with E-state index in [-0.39, 0.29) is 17.3 Å². The number of amides is 1. The molecule has 3 aliphatic rings. The van der Waals surface area contributed by atoms with Crippen LogP contribution in [0, 0.1) is 5.92 Å². The number of fused-ring (bicyclic) bond motifs is 2. The van der Waals surface area contributed by atoms with Crippen LogP contribution in [0.3, 0.4) is 0 Å². The molecule has 0 fully saturated rings. The molecule has 0 bridgehead atoms. The van der Waals surface area contributed by atoms with Crippen molar-refractivity contribution in [1.82, 2.24) is 10.2 Å². The Labute approximate surface area is 186 Å². The molecule has 31 heavy (non-hydrogen) atoms. The van der Waals surface area contributed by atoms with Gasteiger partial charge in [-0.1, -0.05) is 11.8 Å². The highest BCUT2D eigenvalue weighted by molar-refractivity contribution is 8.04. The minimum Gasteiger partial charge on any atom is -0.493 e. The number of ether oxygens (including phenoxy) is 3. The lowest BCUT2D eigenvalue weighted by atomic mass is 9.97. The lowest BCUT2D eigenvalue weighted by Crippen LogP contribution is -2.49. The van der Waals surface area contributed by atoms with Crippen LogP contribution in [0.4, 0.5) is 0 Å². The van der Waals surface area contributed by atoms with E-state index in [0.29, 0.717) is 29.6 Å². The van der Waals surface area contributed by atoms with Crippen LogP contribution < -0.4 is 14.8 Å². The molecule has 0 saturated heterocycles. The number of benzene rings is 1. The topological polar surface area (TPSA) is 89.5 Å². The number of hydrogen-bond donors (Lipinski definition) is 1. The number of thioether (sulfide) groups is 1. The van der Waals surface area contributed by atoms with Crippen molar-refractivity contribution in [3.8, 4) is 11.5 Å². The third kappa shape index (κ3) is 4.16. The Kier molecular flexibility index (Phi) is 6.24. The van der Waals surface area contributed by atoms with Gasteiger partial charge in [-0.2, -0.15) is 0 Å². The standard InChI is InChI=1S/C22H27N3O5S/c1-5-30-22(27)19-12(2)18-20(26)23-17(24-21(18)31-19)11-25-7-6-13-8-15(28-3)16(29-4)9-14(13)10-25/h8-9,18,21H,5-7,10-11H2,1-4H3,(H,23,24,26)/t18-,21-/m1/s1. The van der Waals surface area contributed by atoms with Crippen molar-refractivity contribution < 1.29 is 23.8 Å². The summed E-state index contributed by atoms with van der Waals surface area (Å²) in [7, 11) is 3.27. The van der Waals surface area contributed by atoms with Crippen molar-refractivity contribution in [1.29, 1.82) is 0 Å². The first-order valence-corrected chi connectivity index (χ1v) is 11.2. The second-order valence-electron chi connectivity index (χ2n) is 7.72. The predicted octanol–water partition coefficient (Wildman–Crippen LogP) is 2.12. The fourth-order valence-electron chi connectivity index (χ4n) is 4.24. The summed E-state index contributed by atoms with van der Waals surface area (Å²) in [6.07, 6.45) is 0.880. The maximum absolute atomic E-state index is 12.8. The van der Waals surface area contributed by atoms with Gasteiger partial charge in [0, 0.05) is 13.1 Å². The predicted molar refractivity (Wildman–Crippen MR) is 118 cm³/mol. The number of carbonyl (C=O) groups excluding carboxylic acids is 2. The zero-order valence-electron chi connectivity index (χ0n) is 18.2. The molecule has 1 aromatic rings. The van der Waals surface area contributed by atoms with Gasteiger partial charge in [-0.05, 0) is 49.1 Å². The molecule has 0 saturated carbocycles. The van der Waals surface area contributed by atoms with Crippen molar-refractivity contribution >= 4 is 29.5 Å². The molecular weight excluding hydrogens is 418 g/mol. The van der Waals surface area contributed by atoms with Crippen LogP contribution in [-0.4, -0.2) is 61.9 Å². The number of hydrogen-bond acceptors (Lipinski definition) is 8. The summed E-state index contributed by atoms with van der Waals surface area (Å²) in [5.41, 5.74) is 3.16. The molecule has 3 heterocycles. The Balaban J connectivity index is 1.47. The zero-order valence-corrected chi connectivity index (χ0v) is 19.0. The van der Waals surface area contributed by atoms with Gasteiger partial charge in [-0.3, -0.25) is 14.7 Å². The number of amidine groups is 1. The van der Waals surface area contributed by atoms with E-state index in [1.54, 1.807) is 21.1 Å². The summed E-state index contributed by atoms with van der Waals surface area (Å²) in [4.78, 5) is 32.5. The van der Waals surface area contributed by atoms with Gasteiger partial charge in [-0.15, -0.1) is 0 Å². The van der Waals surface area contributed by atoms with E-state index in [1.165, 1.54) is 22.9 Å². The minimum absolute atomic E-state index is 0.108. The second kappa shape index (κ2) is 8.92. The number of nitrogens with one attached hydrogen (secondary N) is 1. The second-order valence-corrected chi connectivity index (χ2v) is 8.85. The normalized spacial score (nSPS) is 23.0. The molecule has 2 atom stereocenters. The van der Waals surface area contributed by atoms with Crippen LogP contribution >= 0.6 is 11.8 Å². The molecule has 166 valence electrons. The maximum atomic E-state index is 12.8. The van der Waals surface area contributed by atoms with E-state index in [0.717, 1.165) is 30.8 Å². The summed E-state index contributed by atoms with van der Waals surface area (Å²) in [6.45, 7) is 6.01. The molecule has 0 aromatic heterocycles. The molecule has 3 aliphatic heterocycles. The Morgan fingerprint density at radius 1 is 1.26 bits per heavy atom. The van der Waals surface area contributed by atoms with Crippen LogP contribution in [-0.2, 0) is 27.3 Å². The highest BCUT2D eigenvalue weighted by Crippen LogP contribution is 2.44. The van der Waals surface area contributed by atoms with Gasteiger partial charge in [0.25, 0.3) is 0 Å². The molecule has 0 unspecified atom stereocenters. The van der Waals surface area contributed by atoms with Crippen molar-refractivity contribution in [2.75, 3.05) is 33.9 Å². The minimum atomic E-state index is -0.424. The third-order valence-electron chi connectivity index (χ3n) is 5.81. The molecule has 9 heteroatoms. The molecule has 8 nitrogen and oxygen atoms in total. The summed E-state index contributed by atoms with van der Waals surface area (Å²) in [5.74, 6) is 1.18. The van der Waals surface area contributed by atoms with Crippen molar-refractivity contribution in [3.05, 3.63) is 33.7 Å². The average molecular weight is 446 g/mol. The first kappa shape index (κ1) is 21.7. The summed E-state index contributed by atoms with van der Waals surface area (Å²) >= 11 is 1.33. The zero-order chi connectivity index (χ0) is 22.1. The highest BCUT2D eigenvalue weighted by Gasteiger charge is 2.44. The molecule has 1 N–H and O–H groups in total. The van der Waals surface area contributed by atoms with Gasteiger partial charge in [-0.25, -0.2) is 4.79 Å². The molecule has 0 radical (unpaired) electrons. The SMILES string of the molecule is CCOC(=O)C1=C(C)[C@@H]2C(=O)NC(CN3CCc4cc(OC)c(OC)cc4C3)=N[C@@H]2S1. The largest absolute Gasteiger partial charge is 0.493 e. The number of carbonyl (C=O) groups is 2. The van der Waals surface area contributed by atoms with Gasteiger partial charge < -0.3 is 19.5 Å². The first-order chi connectivity index (χ1) is 14.9. The van der Waals surface area contributed by atoms with Crippen LogP contribution in [0.15, 0.2) is 27.6 Å². The van der Waals surface area contributed by atoms with E-state index >= 15 is 0 Å². The number of aliphatic imine (C=N–C) groups is 1. The van der Waals surface area contributed by atoms with Gasteiger partial charge >= 0.3 is 5.97 Å². The van der Waals surface area contributed by atoms with Crippen molar-refractivity contribution in [2.24, 2.45) is 10.9 Å². The van der Waals surface area contributed by atoms with E-state index in [9.17, 15) is 9.59 Å². The van der Waals surface area contributed by atoms with Crippen LogP contribution in [0.25, 0.3) is 0 Å². The van der Waals surface area contributed by atoms with E-state index in [1.807, 2.05) is 19.1 Å². The van der Waals surface area contributed by atoms with Crippen LogP contribution in [0.1, 0.15) is 25.0 Å². The molecule has 1 aromatic carbocycles. The summed E-state index contributed by atoms with van der Waals surface area (Å²) in [6, 6.07) is 4.06. The van der Waals surface area contributed by atoms with Crippen molar-refractivity contribution in [2.45, 2.75) is 32.2 Å². The Morgan fingerprint density at radius 3 is 2.65 bits per heavy atom. The van der Waals surface area contributed by atoms with Crippen LogP contribution in [0.2, 0.25) is 0 Å². The van der Waals surface area contributed by atoms with E-state index in [4.69, 9.17) is 19.2 Å². The number of methoxy groups -OCH3 is 2. The van der Waals surface area contributed by atoms with E-state index < -0.39 is 5.92 Å². The third-order valence-corrected chi connectivity index (χ3v) is 7.16. The van der Waals surface area contributed by atoms with Crippen LogP contribution in [0.5, 0.6) is 11.5 Å².